The van der Waals surface area contributed by atoms with Crippen molar-refractivity contribution in [1.29, 1.82) is 0 Å². The molecule has 1 saturated heterocycles. The van der Waals surface area contributed by atoms with E-state index in [-0.39, 0.29) is 12.5 Å². The molecule has 0 spiro atoms. The van der Waals surface area contributed by atoms with Crippen LogP contribution in [0.2, 0.25) is 0 Å². The molecule has 0 aliphatic carbocycles. The first-order valence-electron chi connectivity index (χ1n) is 7.59. The van der Waals surface area contributed by atoms with Gasteiger partial charge < -0.3 is 10.0 Å². The molecule has 1 aliphatic heterocycles. The summed E-state index contributed by atoms with van der Waals surface area (Å²) >= 11 is 1.67. The molecule has 0 aromatic carbocycles. The smallest absolute Gasteiger partial charge is 0.151 e. The highest BCUT2D eigenvalue weighted by Gasteiger charge is 2.29. The topological polar surface area (TPSA) is 64.5 Å². The van der Waals surface area contributed by atoms with Crippen molar-refractivity contribution in [2.75, 3.05) is 37.7 Å². The molecule has 1 aliphatic rings. The highest BCUT2D eigenvalue weighted by atomic mass is 32.2. The van der Waals surface area contributed by atoms with E-state index < -0.39 is 0 Å². The largest absolute Gasteiger partial charge is 0.396 e. The minimum atomic E-state index is 0.188. The first-order chi connectivity index (χ1) is 10.3. The van der Waals surface area contributed by atoms with Gasteiger partial charge >= 0.3 is 0 Å². The molecule has 1 aromatic rings. The summed E-state index contributed by atoms with van der Waals surface area (Å²) in [6.45, 7) is 8.26. The molecule has 1 fully saturated rings. The molecule has 2 atom stereocenters. The summed E-state index contributed by atoms with van der Waals surface area (Å²) in [7, 11) is 0. The number of hydrogen-bond donors (Lipinski definition) is 2. The van der Waals surface area contributed by atoms with Crippen LogP contribution in [0.4, 0.5) is 5.82 Å². The van der Waals surface area contributed by atoms with Crippen LogP contribution in [0.25, 0.3) is 0 Å². The second-order valence-corrected chi connectivity index (χ2v) is 6.12. The summed E-state index contributed by atoms with van der Waals surface area (Å²) in [4.78, 5) is 2.20. The number of nitrogens with one attached hydrogen (secondary N) is 1. The van der Waals surface area contributed by atoms with E-state index in [1.807, 2.05) is 12.1 Å². The van der Waals surface area contributed by atoms with Crippen molar-refractivity contribution in [3.8, 4) is 0 Å². The van der Waals surface area contributed by atoms with E-state index in [2.05, 4.69) is 38.0 Å². The van der Waals surface area contributed by atoms with Crippen molar-refractivity contribution >= 4 is 18.0 Å². The lowest BCUT2D eigenvalue weighted by Gasteiger charge is -2.38. The Labute approximate surface area is 131 Å². The number of hydrogen-bond acceptors (Lipinski definition) is 7. The predicted octanol–water partition coefficient (Wildman–Crippen LogP) is 1.16. The fraction of sp³-hybridized carbons (Fsp3) is 0.714. The van der Waals surface area contributed by atoms with E-state index in [1.54, 1.807) is 18.3 Å². The van der Waals surface area contributed by atoms with Crippen molar-refractivity contribution in [3.05, 3.63) is 18.3 Å². The molecule has 2 heterocycles. The van der Waals surface area contributed by atoms with E-state index in [4.69, 9.17) is 0 Å². The van der Waals surface area contributed by atoms with Crippen LogP contribution in [0, 0.1) is 5.92 Å². The maximum absolute atomic E-state index is 9.68. The van der Waals surface area contributed by atoms with Crippen LogP contribution in [0.1, 0.15) is 20.3 Å². The highest BCUT2D eigenvalue weighted by molar-refractivity contribution is 7.95. The first kappa shape index (κ1) is 16.5. The summed E-state index contributed by atoms with van der Waals surface area (Å²) in [5.74, 6) is 1.11. The Morgan fingerprint density at radius 1 is 1.48 bits per heavy atom. The number of rotatable bonds is 7. The van der Waals surface area contributed by atoms with Gasteiger partial charge in [0.05, 0.1) is 0 Å². The quantitative estimate of drug-likeness (QED) is 0.733. The number of aliphatic hydroxyl groups is 1. The molecule has 0 saturated carbocycles. The molecule has 1 aromatic heterocycles. The molecular weight excluding hydrogens is 286 g/mol. The molecular formula is C14H25N5OS. The Bertz CT molecular complexity index is 404. The Hall–Kier alpha value is -0.890. The number of anilines is 1. The number of aromatic nitrogens is 2. The lowest BCUT2D eigenvalue weighted by molar-refractivity contribution is 0.185. The van der Waals surface area contributed by atoms with Gasteiger partial charge in [0.2, 0.25) is 0 Å². The lowest BCUT2D eigenvalue weighted by atomic mass is 9.94. The van der Waals surface area contributed by atoms with E-state index in [9.17, 15) is 5.11 Å². The van der Waals surface area contributed by atoms with Gasteiger partial charge in [-0.1, -0.05) is 13.8 Å². The van der Waals surface area contributed by atoms with Crippen molar-refractivity contribution in [2.45, 2.75) is 26.3 Å². The summed E-state index contributed by atoms with van der Waals surface area (Å²) in [6, 6.07) is 4.20. The van der Waals surface area contributed by atoms with Crippen LogP contribution < -0.4 is 9.62 Å². The maximum atomic E-state index is 9.68. The second-order valence-electron chi connectivity index (χ2n) is 5.19. The zero-order valence-corrected chi connectivity index (χ0v) is 13.6. The molecule has 21 heavy (non-hydrogen) atoms. The molecule has 2 N–H and O–H groups in total. The average molecular weight is 311 g/mol. The summed E-state index contributed by atoms with van der Waals surface area (Å²) in [5, 5.41) is 17.8. The number of aliphatic hydroxyl groups excluding tert-OH is 1. The van der Waals surface area contributed by atoms with Gasteiger partial charge in [0.1, 0.15) is 0 Å². The van der Waals surface area contributed by atoms with E-state index in [1.165, 1.54) is 0 Å². The van der Waals surface area contributed by atoms with Crippen molar-refractivity contribution in [2.24, 2.45) is 5.92 Å². The zero-order chi connectivity index (χ0) is 15.1. The second kappa shape index (κ2) is 8.53. The summed E-state index contributed by atoms with van der Waals surface area (Å²) in [6.07, 6.45) is 2.68. The van der Waals surface area contributed by atoms with Crippen LogP contribution in [0.5, 0.6) is 0 Å². The van der Waals surface area contributed by atoms with Crippen LogP contribution in [-0.2, 0) is 0 Å². The van der Waals surface area contributed by atoms with Crippen LogP contribution >= 0.6 is 12.1 Å². The molecule has 0 bridgehead atoms. The first-order valence-corrected chi connectivity index (χ1v) is 8.36. The van der Waals surface area contributed by atoms with Gasteiger partial charge in [0.15, 0.2) is 5.82 Å². The fourth-order valence-corrected chi connectivity index (χ4v) is 3.39. The summed E-state index contributed by atoms with van der Waals surface area (Å²) < 4.78 is 5.78. The predicted molar refractivity (Wildman–Crippen MR) is 86.9 cm³/mol. The van der Waals surface area contributed by atoms with Gasteiger partial charge in [-0.3, -0.25) is 0 Å². The molecule has 0 radical (unpaired) electrons. The van der Waals surface area contributed by atoms with Crippen LogP contribution in [0.15, 0.2) is 18.3 Å². The minimum Gasteiger partial charge on any atom is -0.396 e. The Morgan fingerprint density at radius 3 is 2.90 bits per heavy atom. The van der Waals surface area contributed by atoms with Gasteiger partial charge in [-0.2, -0.15) is 5.10 Å². The lowest BCUT2D eigenvalue weighted by Crippen LogP contribution is -2.50. The maximum Gasteiger partial charge on any atom is 0.151 e. The average Bonchev–Trinajstić information content (AvgIpc) is 2.56. The Kier molecular flexibility index (Phi) is 6.69. The minimum absolute atomic E-state index is 0.188. The van der Waals surface area contributed by atoms with Crippen LogP contribution in [0.3, 0.4) is 0 Å². The molecule has 6 nitrogen and oxygen atoms in total. The highest BCUT2D eigenvalue weighted by Crippen LogP contribution is 2.23. The van der Waals surface area contributed by atoms with Crippen molar-refractivity contribution in [3.63, 3.8) is 0 Å². The van der Waals surface area contributed by atoms with Gasteiger partial charge in [0.25, 0.3) is 0 Å². The fourth-order valence-electron chi connectivity index (χ4n) is 2.54. The Balaban J connectivity index is 1.89. The normalized spacial score (nSPS) is 22.8. The van der Waals surface area contributed by atoms with E-state index in [0.717, 1.165) is 38.4 Å². The zero-order valence-electron chi connectivity index (χ0n) is 12.8. The van der Waals surface area contributed by atoms with E-state index >= 15 is 0 Å². The molecule has 7 heteroatoms. The van der Waals surface area contributed by atoms with Gasteiger partial charge in [-0.05, 0) is 18.6 Å². The number of piperidine rings is 1. The van der Waals surface area contributed by atoms with E-state index in [0.29, 0.717) is 6.04 Å². The Morgan fingerprint density at radius 2 is 2.29 bits per heavy atom. The third kappa shape index (κ3) is 4.54. The standard InChI is InChI=1S/C14H25N5OS/c1-3-19(4-2)21-17-13-7-9-18(10-12(13)11-20)14-6-5-8-15-16-14/h5-6,8,12-13,17,20H,3-4,7,9-11H2,1-2H3. The van der Waals surface area contributed by atoms with Gasteiger partial charge in [-0.25, -0.2) is 9.03 Å². The molecule has 2 rings (SSSR count). The van der Waals surface area contributed by atoms with Crippen molar-refractivity contribution < 1.29 is 5.11 Å². The van der Waals surface area contributed by atoms with Crippen molar-refractivity contribution in [1.82, 2.24) is 19.2 Å². The van der Waals surface area contributed by atoms with Gasteiger partial charge in [-0.15, -0.1) is 5.10 Å². The molecule has 0 amide bonds. The summed E-state index contributed by atoms with van der Waals surface area (Å²) in [5.41, 5.74) is 0. The monoisotopic (exact) mass is 311 g/mol. The third-order valence-electron chi connectivity index (χ3n) is 3.89. The third-order valence-corrected chi connectivity index (χ3v) is 5.07. The number of nitrogens with zero attached hydrogens (tertiary/aromatic N) is 4. The van der Waals surface area contributed by atoms with Crippen LogP contribution in [-0.4, -0.2) is 58.4 Å². The SMILES string of the molecule is CCN(CC)SNC1CCN(c2cccnn2)CC1CO. The van der Waals surface area contributed by atoms with Gasteiger partial charge in [0, 0.05) is 63.1 Å². The molecule has 118 valence electrons. The molecule has 2 unspecified atom stereocenters.